The lowest BCUT2D eigenvalue weighted by Gasteiger charge is -1.97. The number of benzene rings is 1. The standard InChI is InChI=1S/C9H7NO2S.C2H6/c1-10-8(11)6-4-2-3-5-7(6)13-9(10)12;1-2/h2-5H,1H3;1-2H3. The maximum absolute atomic E-state index is 11.5. The fourth-order valence-electron chi connectivity index (χ4n) is 1.16. The van der Waals surface area contributed by atoms with Crippen LogP contribution in [0.25, 0.3) is 10.1 Å². The summed E-state index contributed by atoms with van der Waals surface area (Å²) >= 11 is 1.09. The normalized spacial score (nSPS) is 9.53. The molecule has 0 atom stereocenters. The van der Waals surface area contributed by atoms with Gasteiger partial charge in [0, 0.05) is 11.7 Å². The van der Waals surface area contributed by atoms with Crippen molar-refractivity contribution in [2.45, 2.75) is 13.8 Å². The first kappa shape index (κ1) is 11.7. The third-order valence-electron chi connectivity index (χ3n) is 1.89. The van der Waals surface area contributed by atoms with Crippen molar-refractivity contribution < 1.29 is 0 Å². The molecular formula is C11H13NO2S. The van der Waals surface area contributed by atoms with Crippen molar-refractivity contribution in [2.75, 3.05) is 0 Å². The molecule has 15 heavy (non-hydrogen) atoms. The van der Waals surface area contributed by atoms with E-state index >= 15 is 0 Å². The smallest absolute Gasteiger partial charge is 0.269 e. The summed E-state index contributed by atoms with van der Waals surface area (Å²) in [6, 6.07) is 7.12. The lowest BCUT2D eigenvalue weighted by molar-refractivity contribution is 0.853. The molecule has 0 aliphatic carbocycles. The van der Waals surface area contributed by atoms with E-state index in [1.54, 1.807) is 18.2 Å². The number of nitrogens with zero attached hydrogens (tertiary/aromatic N) is 1. The largest absolute Gasteiger partial charge is 0.310 e. The average molecular weight is 223 g/mol. The van der Waals surface area contributed by atoms with Gasteiger partial charge in [-0.1, -0.05) is 37.3 Å². The van der Waals surface area contributed by atoms with Crippen molar-refractivity contribution in [3.8, 4) is 0 Å². The zero-order chi connectivity index (χ0) is 11.4. The van der Waals surface area contributed by atoms with E-state index in [9.17, 15) is 9.59 Å². The molecule has 0 fully saturated rings. The summed E-state index contributed by atoms with van der Waals surface area (Å²) in [7, 11) is 1.49. The molecular weight excluding hydrogens is 210 g/mol. The highest BCUT2D eigenvalue weighted by Gasteiger charge is 2.02. The van der Waals surface area contributed by atoms with E-state index in [0.29, 0.717) is 5.39 Å². The van der Waals surface area contributed by atoms with E-state index in [1.165, 1.54) is 7.05 Å². The molecule has 0 radical (unpaired) electrons. The van der Waals surface area contributed by atoms with Crippen LogP contribution >= 0.6 is 11.3 Å². The van der Waals surface area contributed by atoms with Crippen molar-refractivity contribution in [3.63, 3.8) is 0 Å². The van der Waals surface area contributed by atoms with Crippen LogP contribution in [0.4, 0.5) is 0 Å². The van der Waals surface area contributed by atoms with E-state index in [0.717, 1.165) is 20.6 Å². The Hall–Kier alpha value is -1.42. The molecule has 80 valence electrons. The van der Waals surface area contributed by atoms with Gasteiger partial charge in [-0.05, 0) is 12.1 Å². The highest BCUT2D eigenvalue weighted by Crippen LogP contribution is 2.09. The maximum atomic E-state index is 11.5. The Bertz CT molecular complexity index is 569. The monoisotopic (exact) mass is 223 g/mol. The predicted octanol–water partition coefficient (Wildman–Crippen LogP) is 1.99. The Morgan fingerprint density at radius 3 is 2.40 bits per heavy atom. The van der Waals surface area contributed by atoms with E-state index in [1.807, 2.05) is 19.9 Å². The quantitative estimate of drug-likeness (QED) is 0.685. The zero-order valence-electron chi connectivity index (χ0n) is 8.98. The fourth-order valence-corrected chi connectivity index (χ4v) is 1.98. The highest BCUT2D eigenvalue weighted by atomic mass is 32.1. The number of rotatable bonds is 0. The molecule has 0 aliphatic rings. The van der Waals surface area contributed by atoms with Gasteiger partial charge in [-0.15, -0.1) is 0 Å². The first-order valence-electron chi connectivity index (χ1n) is 4.79. The first-order valence-corrected chi connectivity index (χ1v) is 5.60. The minimum atomic E-state index is -0.223. The van der Waals surface area contributed by atoms with Crippen LogP contribution in [-0.4, -0.2) is 4.57 Å². The topological polar surface area (TPSA) is 39.1 Å². The van der Waals surface area contributed by atoms with Gasteiger partial charge < -0.3 is 0 Å². The van der Waals surface area contributed by atoms with Gasteiger partial charge in [0.25, 0.3) is 5.56 Å². The molecule has 3 nitrogen and oxygen atoms in total. The molecule has 0 amide bonds. The Labute approximate surface area is 91.6 Å². The van der Waals surface area contributed by atoms with E-state index in [-0.39, 0.29) is 10.4 Å². The highest BCUT2D eigenvalue weighted by molar-refractivity contribution is 7.16. The summed E-state index contributed by atoms with van der Waals surface area (Å²) in [5, 5.41) is 0.606. The van der Waals surface area contributed by atoms with Gasteiger partial charge in [-0.3, -0.25) is 14.2 Å². The average Bonchev–Trinajstić information content (AvgIpc) is 2.29. The van der Waals surface area contributed by atoms with Gasteiger partial charge in [0.1, 0.15) is 0 Å². The molecule has 4 heteroatoms. The minimum absolute atomic E-state index is 0.219. The van der Waals surface area contributed by atoms with Gasteiger partial charge in [0.2, 0.25) is 0 Å². The van der Waals surface area contributed by atoms with Crippen molar-refractivity contribution in [1.82, 2.24) is 4.57 Å². The fraction of sp³-hybridized carbons (Fsp3) is 0.273. The van der Waals surface area contributed by atoms with Crippen molar-refractivity contribution in [2.24, 2.45) is 7.05 Å². The molecule has 0 aliphatic heterocycles. The maximum Gasteiger partial charge on any atom is 0.310 e. The van der Waals surface area contributed by atoms with Crippen molar-refractivity contribution >= 4 is 21.4 Å². The molecule has 2 aromatic rings. The lowest BCUT2D eigenvalue weighted by atomic mass is 10.3. The van der Waals surface area contributed by atoms with Crippen LogP contribution < -0.4 is 10.4 Å². The summed E-state index contributed by atoms with van der Waals surface area (Å²) in [4.78, 5) is 22.5. The van der Waals surface area contributed by atoms with Crippen LogP contribution in [0, 0.1) is 0 Å². The number of hydrogen-bond donors (Lipinski definition) is 0. The van der Waals surface area contributed by atoms with Crippen LogP contribution in [0.1, 0.15) is 13.8 Å². The van der Waals surface area contributed by atoms with Crippen LogP contribution in [0.3, 0.4) is 0 Å². The second-order valence-corrected chi connectivity index (χ2v) is 3.72. The predicted molar refractivity (Wildman–Crippen MR) is 64.7 cm³/mol. The summed E-state index contributed by atoms with van der Waals surface area (Å²) < 4.78 is 1.88. The van der Waals surface area contributed by atoms with Gasteiger partial charge in [-0.2, -0.15) is 0 Å². The Kier molecular flexibility index (Phi) is 3.80. The third kappa shape index (κ3) is 2.15. The summed E-state index contributed by atoms with van der Waals surface area (Å²) in [6.45, 7) is 4.00. The second kappa shape index (κ2) is 4.89. The van der Waals surface area contributed by atoms with E-state index < -0.39 is 0 Å². The Balaban J connectivity index is 0.000000531. The summed E-state index contributed by atoms with van der Waals surface area (Å²) in [5.74, 6) is 0. The van der Waals surface area contributed by atoms with Gasteiger partial charge in [-0.25, -0.2) is 0 Å². The molecule has 2 rings (SSSR count). The lowest BCUT2D eigenvalue weighted by Crippen LogP contribution is -2.27. The zero-order valence-corrected chi connectivity index (χ0v) is 9.80. The van der Waals surface area contributed by atoms with Gasteiger partial charge in [0.15, 0.2) is 0 Å². The van der Waals surface area contributed by atoms with Crippen LogP contribution in [0.2, 0.25) is 0 Å². The third-order valence-corrected chi connectivity index (χ3v) is 2.92. The molecule has 1 aromatic heterocycles. The molecule has 0 saturated carbocycles. The molecule has 0 saturated heterocycles. The number of hydrogen-bond acceptors (Lipinski definition) is 3. The first-order chi connectivity index (χ1) is 7.20. The van der Waals surface area contributed by atoms with Crippen LogP contribution in [0.5, 0.6) is 0 Å². The van der Waals surface area contributed by atoms with Crippen molar-refractivity contribution in [1.29, 1.82) is 0 Å². The van der Waals surface area contributed by atoms with Gasteiger partial charge >= 0.3 is 4.87 Å². The van der Waals surface area contributed by atoms with Crippen LogP contribution in [-0.2, 0) is 7.05 Å². The second-order valence-electron chi connectivity index (χ2n) is 2.73. The van der Waals surface area contributed by atoms with Crippen LogP contribution in [0.15, 0.2) is 33.9 Å². The minimum Gasteiger partial charge on any atom is -0.269 e. The van der Waals surface area contributed by atoms with Gasteiger partial charge in [0.05, 0.1) is 5.39 Å². The molecule has 0 spiro atoms. The van der Waals surface area contributed by atoms with E-state index in [4.69, 9.17) is 0 Å². The molecule has 0 N–H and O–H groups in total. The Morgan fingerprint density at radius 2 is 1.73 bits per heavy atom. The SMILES string of the molecule is CC.Cn1c(=O)sc2ccccc2c1=O. The molecule has 0 unspecified atom stereocenters. The Morgan fingerprint density at radius 1 is 1.13 bits per heavy atom. The molecule has 0 bridgehead atoms. The molecule has 1 heterocycles. The number of aromatic nitrogens is 1. The number of fused-ring (bicyclic) bond motifs is 1. The summed E-state index contributed by atoms with van der Waals surface area (Å²) in [6.07, 6.45) is 0. The van der Waals surface area contributed by atoms with E-state index in [2.05, 4.69) is 0 Å². The van der Waals surface area contributed by atoms with Crippen molar-refractivity contribution in [3.05, 3.63) is 44.3 Å². The molecule has 1 aromatic carbocycles. The summed E-state index contributed by atoms with van der Waals surface area (Å²) in [5.41, 5.74) is -0.223.